The molecule has 40 heavy (non-hydrogen) atoms. The predicted molar refractivity (Wildman–Crippen MR) is 125 cm³/mol. The molecule has 8 atom stereocenters. The quantitative estimate of drug-likeness (QED) is 0.148. The van der Waals surface area contributed by atoms with Gasteiger partial charge in [0.05, 0.1) is 12.8 Å². The molecule has 16 heteroatoms. The monoisotopic (exact) mass is 598 g/mol. The van der Waals surface area contributed by atoms with E-state index in [4.69, 9.17) is 28.2 Å². The van der Waals surface area contributed by atoms with Crippen LogP contribution in [0.15, 0.2) is 0 Å². The first-order chi connectivity index (χ1) is 18.8. The van der Waals surface area contributed by atoms with Crippen LogP contribution in [0.25, 0.3) is 0 Å². The molecule has 1 aliphatic carbocycles. The standard InChI is InChI=1S/C24H32F2O13S/c1-3-34-23(12-7-5-4-6-8-12)39-22(30)16-15-18-20(38-21(15)29)19(17(16)37-18)36-14(28)10-9-13(27)35-11(2)24(25,26)40(31,32)33/h11-12,15-20,23H,3-10H2,1-2H3,(H,31,32,33). The molecule has 4 fully saturated rings. The Morgan fingerprint density at radius 2 is 1.70 bits per heavy atom. The number of alkyl halides is 2. The number of fused-ring (bicyclic) bond motifs is 1. The number of esters is 4. The molecule has 4 aliphatic rings. The number of rotatable bonds is 12. The highest BCUT2D eigenvalue weighted by Crippen LogP contribution is 2.51. The summed E-state index contributed by atoms with van der Waals surface area (Å²) < 4.78 is 89.5. The van der Waals surface area contributed by atoms with Crippen LogP contribution < -0.4 is 0 Å². The number of carbonyl (C=O) groups is 4. The lowest BCUT2D eigenvalue weighted by atomic mass is 9.78. The Balaban J connectivity index is 1.35. The van der Waals surface area contributed by atoms with Gasteiger partial charge in [0.1, 0.15) is 24.0 Å². The highest BCUT2D eigenvalue weighted by atomic mass is 32.2. The van der Waals surface area contributed by atoms with Gasteiger partial charge in [-0.25, -0.2) is 0 Å². The van der Waals surface area contributed by atoms with E-state index >= 15 is 0 Å². The molecule has 0 aromatic carbocycles. The van der Waals surface area contributed by atoms with Gasteiger partial charge in [0.15, 0.2) is 18.3 Å². The molecule has 1 saturated carbocycles. The molecular formula is C24H32F2O13S. The molecular weight excluding hydrogens is 566 g/mol. The van der Waals surface area contributed by atoms with Gasteiger partial charge in [-0.15, -0.1) is 0 Å². The van der Waals surface area contributed by atoms with Gasteiger partial charge in [0.25, 0.3) is 0 Å². The van der Waals surface area contributed by atoms with E-state index < -0.39 is 101 Å². The summed E-state index contributed by atoms with van der Waals surface area (Å²) in [4.78, 5) is 50.2. The first kappa shape index (κ1) is 30.5. The zero-order chi connectivity index (χ0) is 29.4. The minimum atomic E-state index is -5.84. The van der Waals surface area contributed by atoms with Crippen molar-refractivity contribution < 1.29 is 69.4 Å². The fourth-order valence-electron chi connectivity index (χ4n) is 5.72. The van der Waals surface area contributed by atoms with Crippen LogP contribution in [0.2, 0.25) is 0 Å². The Hall–Kier alpha value is -2.43. The molecule has 0 spiro atoms. The molecule has 3 saturated heterocycles. The zero-order valence-electron chi connectivity index (χ0n) is 21.9. The van der Waals surface area contributed by atoms with Crippen molar-refractivity contribution in [2.75, 3.05) is 6.61 Å². The number of hydrogen-bond donors (Lipinski definition) is 1. The molecule has 4 rings (SSSR count). The van der Waals surface area contributed by atoms with Gasteiger partial charge in [-0.1, -0.05) is 19.3 Å². The van der Waals surface area contributed by atoms with Gasteiger partial charge < -0.3 is 28.4 Å². The van der Waals surface area contributed by atoms with Gasteiger partial charge in [-0.2, -0.15) is 17.2 Å². The third-order valence-electron chi connectivity index (χ3n) is 7.70. The predicted octanol–water partition coefficient (Wildman–Crippen LogP) is 1.52. The van der Waals surface area contributed by atoms with Crippen molar-refractivity contribution in [1.29, 1.82) is 0 Å². The van der Waals surface area contributed by atoms with Crippen molar-refractivity contribution in [2.24, 2.45) is 17.8 Å². The topological polar surface area (TPSA) is 178 Å². The van der Waals surface area contributed by atoms with Crippen LogP contribution in [0.1, 0.15) is 58.8 Å². The third kappa shape index (κ3) is 5.94. The van der Waals surface area contributed by atoms with Crippen molar-refractivity contribution in [1.82, 2.24) is 0 Å². The summed E-state index contributed by atoms with van der Waals surface area (Å²) in [5, 5.41) is -4.76. The normalized spacial score (nSPS) is 31.4. The molecule has 0 radical (unpaired) electrons. The largest absolute Gasteiger partial charge is 0.455 e. The summed E-state index contributed by atoms with van der Waals surface area (Å²) in [6.07, 6.45) is -4.12. The van der Waals surface area contributed by atoms with Gasteiger partial charge in [-0.05, 0) is 26.7 Å². The second kappa shape index (κ2) is 11.8. The summed E-state index contributed by atoms with van der Waals surface area (Å²) >= 11 is 0. The number of carbonyl (C=O) groups excluding carboxylic acids is 4. The highest BCUT2D eigenvalue weighted by molar-refractivity contribution is 7.86. The fraction of sp³-hybridized carbons (Fsp3) is 0.833. The summed E-state index contributed by atoms with van der Waals surface area (Å²) in [6.45, 7) is 2.64. The van der Waals surface area contributed by atoms with E-state index in [2.05, 4.69) is 4.74 Å². The minimum absolute atomic E-state index is 0.00831. The fourth-order valence-corrected chi connectivity index (χ4v) is 6.19. The number of ether oxygens (including phenoxy) is 6. The smallest absolute Gasteiger partial charge is 0.405 e. The maximum atomic E-state index is 13.6. The molecule has 0 aromatic rings. The van der Waals surface area contributed by atoms with Crippen LogP contribution in [-0.4, -0.2) is 85.5 Å². The van der Waals surface area contributed by atoms with Gasteiger partial charge >= 0.3 is 39.2 Å². The Morgan fingerprint density at radius 3 is 2.33 bits per heavy atom. The maximum Gasteiger partial charge on any atom is 0.405 e. The van der Waals surface area contributed by atoms with Crippen LogP contribution in [-0.2, 0) is 57.7 Å². The van der Waals surface area contributed by atoms with Crippen LogP contribution in [0.4, 0.5) is 8.78 Å². The molecule has 8 unspecified atom stereocenters. The minimum Gasteiger partial charge on any atom is -0.455 e. The summed E-state index contributed by atoms with van der Waals surface area (Å²) in [5.41, 5.74) is 0. The SMILES string of the molecule is CCOC(OC(=O)C1C2OC3C(OC(=O)C31)C2OC(=O)CCC(=O)OC(C)C(F)(F)S(=O)(=O)O)C1CCCCC1. The van der Waals surface area contributed by atoms with Gasteiger partial charge in [0, 0.05) is 12.5 Å². The molecule has 1 N–H and O–H groups in total. The van der Waals surface area contributed by atoms with E-state index in [0.717, 1.165) is 32.1 Å². The summed E-state index contributed by atoms with van der Waals surface area (Å²) in [7, 11) is -5.84. The number of hydrogen-bond acceptors (Lipinski definition) is 12. The summed E-state index contributed by atoms with van der Waals surface area (Å²) in [6, 6.07) is 0. The van der Waals surface area contributed by atoms with Gasteiger partial charge in [0.2, 0.25) is 6.29 Å². The van der Waals surface area contributed by atoms with Gasteiger partial charge in [-0.3, -0.25) is 23.7 Å². The Morgan fingerprint density at radius 1 is 1.05 bits per heavy atom. The molecule has 3 aliphatic heterocycles. The zero-order valence-corrected chi connectivity index (χ0v) is 22.7. The lowest BCUT2D eigenvalue weighted by Crippen LogP contribution is -2.49. The molecule has 0 amide bonds. The van der Waals surface area contributed by atoms with Crippen LogP contribution in [0.3, 0.4) is 0 Å². The number of halogens is 2. The Labute approximate surface area is 228 Å². The van der Waals surface area contributed by atoms with E-state index in [0.29, 0.717) is 13.5 Å². The second-order valence-electron chi connectivity index (χ2n) is 10.3. The lowest BCUT2D eigenvalue weighted by Gasteiger charge is -2.32. The van der Waals surface area contributed by atoms with E-state index in [1.807, 2.05) is 0 Å². The van der Waals surface area contributed by atoms with E-state index in [-0.39, 0.29) is 5.92 Å². The van der Waals surface area contributed by atoms with Crippen LogP contribution in [0.5, 0.6) is 0 Å². The molecule has 3 heterocycles. The van der Waals surface area contributed by atoms with E-state index in [1.54, 1.807) is 6.92 Å². The highest BCUT2D eigenvalue weighted by Gasteiger charge is 2.72. The Kier molecular flexibility index (Phi) is 9.02. The van der Waals surface area contributed by atoms with Crippen molar-refractivity contribution in [3.8, 4) is 0 Å². The van der Waals surface area contributed by atoms with Crippen LogP contribution >= 0.6 is 0 Å². The van der Waals surface area contributed by atoms with Crippen molar-refractivity contribution in [3.05, 3.63) is 0 Å². The average molecular weight is 599 g/mol. The van der Waals surface area contributed by atoms with E-state index in [9.17, 15) is 36.4 Å². The average Bonchev–Trinajstić information content (AvgIpc) is 3.51. The second-order valence-corrected chi connectivity index (χ2v) is 11.8. The van der Waals surface area contributed by atoms with Crippen LogP contribution in [0, 0.1) is 17.8 Å². The van der Waals surface area contributed by atoms with Crippen molar-refractivity contribution in [3.63, 3.8) is 0 Å². The maximum absolute atomic E-state index is 13.6. The summed E-state index contributed by atoms with van der Waals surface area (Å²) in [5.74, 6) is -5.84. The molecule has 2 bridgehead atoms. The van der Waals surface area contributed by atoms with Crippen molar-refractivity contribution >= 4 is 34.0 Å². The molecule has 13 nitrogen and oxygen atoms in total. The van der Waals surface area contributed by atoms with E-state index in [1.165, 1.54) is 0 Å². The van der Waals surface area contributed by atoms with Crippen molar-refractivity contribution in [2.45, 2.75) is 101 Å². The molecule has 226 valence electrons. The lowest BCUT2D eigenvalue weighted by molar-refractivity contribution is -0.201. The first-order valence-electron chi connectivity index (χ1n) is 13.2. The molecule has 0 aromatic heterocycles. The third-order valence-corrected chi connectivity index (χ3v) is 8.72. The Bertz CT molecular complexity index is 1110. The first-order valence-corrected chi connectivity index (χ1v) is 14.6.